The molecule has 13 heavy (non-hydrogen) atoms. The minimum absolute atomic E-state index is 0.0903. The number of hydrogen-bond acceptors (Lipinski definition) is 3. The number of ether oxygens (including phenoxy) is 1. The fourth-order valence-corrected chi connectivity index (χ4v) is 2.27. The minimum atomic E-state index is -0.897. The van der Waals surface area contributed by atoms with E-state index in [2.05, 4.69) is 12.6 Å². The molecule has 0 bridgehead atoms. The number of likely N-dealkylation sites (tertiary alicyclic amines) is 1. The highest BCUT2D eigenvalue weighted by atomic mass is 32.1. The number of rotatable bonds is 2. The van der Waals surface area contributed by atoms with Gasteiger partial charge in [-0.3, -0.25) is 4.90 Å². The number of thiol groups is 1. The van der Waals surface area contributed by atoms with Gasteiger partial charge in [-0.05, 0) is 20.8 Å². The molecule has 1 aliphatic heterocycles. The van der Waals surface area contributed by atoms with Crippen LogP contribution in [-0.2, 0) is 4.74 Å². The van der Waals surface area contributed by atoms with Crippen molar-refractivity contribution in [2.24, 2.45) is 0 Å². The molecule has 1 heterocycles. The van der Waals surface area contributed by atoms with E-state index in [0.29, 0.717) is 6.54 Å². The lowest BCUT2D eigenvalue weighted by molar-refractivity contribution is 0.0332. The molecule has 1 saturated heterocycles. The third kappa shape index (κ3) is 2.17. The van der Waals surface area contributed by atoms with Gasteiger partial charge in [-0.2, -0.15) is 12.6 Å². The molecule has 2 nitrogen and oxygen atoms in total. The highest BCUT2D eigenvalue weighted by Gasteiger charge is 2.44. The Morgan fingerprint density at radius 1 is 1.54 bits per heavy atom. The van der Waals surface area contributed by atoms with Gasteiger partial charge in [0.1, 0.15) is 12.3 Å². The van der Waals surface area contributed by atoms with Gasteiger partial charge in [0, 0.05) is 19.7 Å². The van der Waals surface area contributed by atoms with Crippen LogP contribution >= 0.6 is 12.6 Å². The zero-order valence-corrected chi connectivity index (χ0v) is 9.51. The first-order chi connectivity index (χ1) is 5.88. The highest BCUT2D eigenvalue weighted by Crippen LogP contribution is 2.31. The molecule has 1 fully saturated rings. The molecule has 0 aromatic rings. The van der Waals surface area contributed by atoms with Gasteiger partial charge in [-0.1, -0.05) is 0 Å². The van der Waals surface area contributed by atoms with E-state index < -0.39 is 6.17 Å². The first-order valence-electron chi connectivity index (χ1n) is 4.54. The number of hydrogen-bond donors (Lipinski definition) is 1. The van der Waals surface area contributed by atoms with Gasteiger partial charge >= 0.3 is 0 Å². The van der Waals surface area contributed by atoms with E-state index in [4.69, 9.17) is 4.74 Å². The van der Waals surface area contributed by atoms with Crippen LogP contribution in [-0.4, -0.2) is 41.7 Å². The standard InChI is InChI=1S/C9H18FNOS/c1-6-8(12-4)7(10)5-11(6)9(2,3)13/h6-8,13H,5H2,1-4H3/t6-,7-,8-/m1/s1. The van der Waals surface area contributed by atoms with E-state index in [0.717, 1.165) is 0 Å². The summed E-state index contributed by atoms with van der Waals surface area (Å²) in [5, 5.41) is 0. The molecule has 0 saturated carbocycles. The summed E-state index contributed by atoms with van der Waals surface area (Å²) in [6.45, 7) is 6.33. The predicted molar refractivity (Wildman–Crippen MR) is 54.9 cm³/mol. The summed E-state index contributed by atoms with van der Waals surface area (Å²) < 4.78 is 18.5. The second-order valence-electron chi connectivity index (χ2n) is 4.10. The van der Waals surface area contributed by atoms with Crippen LogP contribution in [0, 0.1) is 0 Å². The molecular weight excluding hydrogens is 189 g/mol. The van der Waals surface area contributed by atoms with Crippen molar-refractivity contribution < 1.29 is 9.13 Å². The maximum absolute atomic E-state index is 13.4. The van der Waals surface area contributed by atoms with Gasteiger partial charge in [0.15, 0.2) is 0 Å². The van der Waals surface area contributed by atoms with E-state index in [9.17, 15) is 4.39 Å². The molecule has 0 aromatic heterocycles. The predicted octanol–water partition coefficient (Wildman–Crippen LogP) is 1.71. The number of alkyl halides is 1. The van der Waals surface area contributed by atoms with Crippen molar-refractivity contribution in [3.63, 3.8) is 0 Å². The van der Waals surface area contributed by atoms with Gasteiger partial charge in [0.05, 0.1) is 4.87 Å². The third-order valence-corrected chi connectivity index (χ3v) is 2.93. The lowest BCUT2D eigenvalue weighted by Crippen LogP contribution is -2.44. The summed E-state index contributed by atoms with van der Waals surface area (Å²) in [5.41, 5.74) is 0. The fourth-order valence-electron chi connectivity index (χ4n) is 2.00. The molecule has 0 aliphatic carbocycles. The van der Waals surface area contributed by atoms with Crippen LogP contribution in [0.3, 0.4) is 0 Å². The Labute approximate surface area is 84.8 Å². The van der Waals surface area contributed by atoms with Gasteiger partial charge in [0.2, 0.25) is 0 Å². The molecule has 1 rings (SSSR count). The first kappa shape index (κ1) is 11.3. The van der Waals surface area contributed by atoms with Crippen molar-refractivity contribution in [3.8, 4) is 0 Å². The van der Waals surface area contributed by atoms with E-state index in [1.807, 2.05) is 25.7 Å². The summed E-state index contributed by atoms with van der Waals surface area (Å²) >= 11 is 4.43. The lowest BCUT2D eigenvalue weighted by Gasteiger charge is -2.34. The van der Waals surface area contributed by atoms with Gasteiger partial charge < -0.3 is 4.74 Å². The number of halogens is 1. The maximum Gasteiger partial charge on any atom is 0.140 e. The Hall–Kier alpha value is 0.200. The molecule has 78 valence electrons. The summed E-state index contributed by atoms with van der Waals surface area (Å²) in [4.78, 5) is 1.74. The van der Waals surface area contributed by atoms with Crippen LogP contribution in [0.25, 0.3) is 0 Å². The zero-order valence-electron chi connectivity index (χ0n) is 8.62. The van der Waals surface area contributed by atoms with Crippen molar-refractivity contribution >= 4 is 12.6 Å². The molecule has 0 amide bonds. The van der Waals surface area contributed by atoms with Crippen molar-refractivity contribution in [2.45, 2.75) is 44.0 Å². The Kier molecular flexibility index (Phi) is 3.25. The average Bonchev–Trinajstić information content (AvgIpc) is 2.25. The molecule has 0 unspecified atom stereocenters. The highest BCUT2D eigenvalue weighted by molar-refractivity contribution is 7.81. The largest absolute Gasteiger partial charge is 0.377 e. The minimum Gasteiger partial charge on any atom is -0.377 e. The lowest BCUT2D eigenvalue weighted by atomic mass is 10.1. The van der Waals surface area contributed by atoms with E-state index in [1.165, 1.54) is 0 Å². The molecule has 0 N–H and O–H groups in total. The van der Waals surface area contributed by atoms with Crippen molar-refractivity contribution in [1.82, 2.24) is 4.90 Å². The first-order valence-corrected chi connectivity index (χ1v) is 4.98. The van der Waals surface area contributed by atoms with E-state index >= 15 is 0 Å². The number of methoxy groups -OCH3 is 1. The SMILES string of the molecule is CO[C@H]1[C@H](F)CN(C(C)(C)S)[C@@H]1C. The molecule has 0 aromatic carbocycles. The van der Waals surface area contributed by atoms with Crippen molar-refractivity contribution in [2.75, 3.05) is 13.7 Å². The van der Waals surface area contributed by atoms with Crippen molar-refractivity contribution in [1.29, 1.82) is 0 Å². The van der Waals surface area contributed by atoms with E-state index in [1.54, 1.807) is 7.11 Å². The monoisotopic (exact) mass is 207 g/mol. The molecule has 3 atom stereocenters. The van der Waals surface area contributed by atoms with Crippen LogP contribution in [0.15, 0.2) is 0 Å². The second kappa shape index (κ2) is 3.75. The molecule has 4 heteroatoms. The third-order valence-electron chi connectivity index (χ3n) is 2.67. The summed E-state index contributed by atoms with van der Waals surface area (Å²) in [6, 6.07) is 0.0903. The average molecular weight is 207 g/mol. The fraction of sp³-hybridized carbons (Fsp3) is 1.00. The van der Waals surface area contributed by atoms with Crippen LogP contribution in [0.5, 0.6) is 0 Å². The quantitative estimate of drug-likeness (QED) is 0.692. The van der Waals surface area contributed by atoms with Gasteiger partial charge in [-0.25, -0.2) is 4.39 Å². The summed E-state index contributed by atoms with van der Waals surface area (Å²) in [7, 11) is 1.56. The summed E-state index contributed by atoms with van der Waals surface area (Å²) in [5.74, 6) is 0. The second-order valence-corrected chi connectivity index (χ2v) is 5.20. The van der Waals surface area contributed by atoms with Crippen molar-refractivity contribution in [3.05, 3.63) is 0 Å². The van der Waals surface area contributed by atoms with Gasteiger partial charge in [-0.15, -0.1) is 0 Å². The topological polar surface area (TPSA) is 12.5 Å². The number of nitrogens with zero attached hydrogens (tertiary/aromatic N) is 1. The Balaban J connectivity index is 2.73. The Morgan fingerprint density at radius 3 is 2.31 bits per heavy atom. The smallest absolute Gasteiger partial charge is 0.140 e. The molecule has 0 spiro atoms. The normalized spacial score (nSPS) is 36.9. The Bertz CT molecular complexity index is 183. The van der Waals surface area contributed by atoms with E-state index in [-0.39, 0.29) is 17.0 Å². The van der Waals surface area contributed by atoms with Crippen LogP contribution in [0.1, 0.15) is 20.8 Å². The maximum atomic E-state index is 13.4. The van der Waals surface area contributed by atoms with Crippen LogP contribution < -0.4 is 0 Å². The summed E-state index contributed by atoms with van der Waals surface area (Å²) in [6.07, 6.45) is -1.21. The van der Waals surface area contributed by atoms with Gasteiger partial charge in [0.25, 0.3) is 0 Å². The van der Waals surface area contributed by atoms with Crippen LogP contribution in [0.2, 0.25) is 0 Å². The molecule has 0 radical (unpaired) electrons. The zero-order chi connectivity index (χ0) is 10.2. The molecular formula is C9H18FNOS. The molecule has 1 aliphatic rings. The Morgan fingerprint density at radius 2 is 2.08 bits per heavy atom. The van der Waals surface area contributed by atoms with Crippen LogP contribution in [0.4, 0.5) is 4.39 Å².